The molecule has 1 saturated heterocycles. The van der Waals surface area contributed by atoms with Gasteiger partial charge in [-0.2, -0.15) is 5.21 Å². The van der Waals surface area contributed by atoms with Crippen LogP contribution in [0.3, 0.4) is 0 Å². The van der Waals surface area contributed by atoms with Gasteiger partial charge in [0.05, 0.1) is 0 Å². The number of carbonyl (C=O) groups is 1. The van der Waals surface area contributed by atoms with Crippen molar-refractivity contribution in [3.05, 3.63) is 59.7 Å². The van der Waals surface area contributed by atoms with Crippen LogP contribution in [0.4, 0.5) is 5.69 Å². The molecule has 1 fully saturated rings. The van der Waals surface area contributed by atoms with Crippen molar-refractivity contribution in [1.82, 2.24) is 25.5 Å². The molecule has 0 unspecified atom stereocenters. The standard InChI is InChI=1S/C20H22N6O/c1-25(14-15-5-4-6-17(13-15)19-21-23-24-22-19)20(27)16-7-9-18(10-8-16)26-11-2-3-12-26/h4-10,13H,2-3,11-12,14H2,1H3,(H,21,22,23,24). The number of aromatic nitrogens is 4. The van der Waals surface area contributed by atoms with Crippen LogP contribution in [0.5, 0.6) is 0 Å². The highest BCUT2D eigenvalue weighted by molar-refractivity contribution is 5.94. The number of nitrogens with zero attached hydrogens (tertiary/aromatic N) is 5. The molecule has 3 aromatic rings. The SMILES string of the molecule is CN(Cc1cccc(-c2nn[nH]n2)c1)C(=O)c1ccc(N2CCCC2)cc1. The Morgan fingerprint density at radius 1 is 1.15 bits per heavy atom. The fourth-order valence-electron chi connectivity index (χ4n) is 3.45. The monoisotopic (exact) mass is 362 g/mol. The number of nitrogens with one attached hydrogen (secondary N) is 1. The Labute approximate surface area is 158 Å². The average molecular weight is 362 g/mol. The predicted molar refractivity (Wildman–Crippen MR) is 103 cm³/mol. The fraction of sp³-hybridized carbons (Fsp3) is 0.300. The Bertz CT molecular complexity index is 900. The van der Waals surface area contributed by atoms with Crippen LogP contribution in [0, 0.1) is 0 Å². The maximum absolute atomic E-state index is 12.8. The van der Waals surface area contributed by atoms with E-state index in [4.69, 9.17) is 0 Å². The van der Waals surface area contributed by atoms with Crippen molar-refractivity contribution in [3.8, 4) is 11.4 Å². The molecule has 0 bridgehead atoms. The molecule has 0 saturated carbocycles. The fourth-order valence-corrected chi connectivity index (χ4v) is 3.45. The Balaban J connectivity index is 1.44. The van der Waals surface area contributed by atoms with E-state index in [-0.39, 0.29) is 5.91 Å². The second-order valence-corrected chi connectivity index (χ2v) is 6.84. The molecule has 2 heterocycles. The lowest BCUT2D eigenvalue weighted by Crippen LogP contribution is -2.26. The summed E-state index contributed by atoms with van der Waals surface area (Å²) in [5.74, 6) is 0.552. The first-order chi connectivity index (χ1) is 13.2. The van der Waals surface area contributed by atoms with E-state index in [0.717, 1.165) is 24.2 Å². The second kappa shape index (κ2) is 7.57. The highest BCUT2D eigenvalue weighted by Gasteiger charge is 2.15. The van der Waals surface area contributed by atoms with Crippen molar-refractivity contribution in [2.75, 3.05) is 25.0 Å². The number of H-pyrrole nitrogens is 1. The maximum Gasteiger partial charge on any atom is 0.253 e. The molecule has 138 valence electrons. The lowest BCUT2D eigenvalue weighted by molar-refractivity contribution is 0.0785. The van der Waals surface area contributed by atoms with Gasteiger partial charge in [0, 0.05) is 43.5 Å². The number of tetrazole rings is 1. The molecule has 0 radical (unpaired) electrons. The minimum Gasteiger partial charge on any atom is -0.372 e. The van der Waals surface area contributed by atoms with Gasteiger partial charge in [0.1, 0.15) is 0 Å². The zero-order valence-corrected chi connectivity index (χ0v) is 15.3. The second-order valence-electron chi connectivity index (χ2n) is 6.84. The molecule has 7 nitrogen and oxygen atoms in total. The third-order valence-corrected chi connectivity index (χ3v) is 4.88. The summed E-state index contributed by atoms with van der Waals surface area (Å²) in [4.78, 5) is 16.9. The number of amides is 1. The molecule has 7 heteroatoms. The third kappa shape index (κ3) is 3.81. The summed E-state index contributed by atoms with van der Waals surface area (Å²) < 4.78 is 0. The van der Waals surface area contributed by atoms with Crippen molar-refractivity contribution in [1.29, 1.82) is 0 Å². The van der Waals surface area contributed by atoms with Gasteiger partial charge in [0.15, 0.2) is 0 Å². The molecule has 1 amide bonds. The summed E-state index contributed by atoms with van der Waals surface area (Å²) in [6.45, 7) is 2.71. The van der Waals surface area contributed by atoms with Crippen molar-refractivity contribution >= 4 is 11.6 Å². The zero-order valence-electron chi connectivity index (χ0n) is 15.3. The summed E-state index contributed by atoms with van der Waals surface area (Å²) in [5.41, 5.74) is 3.79. The minimum atomic E-state index is 0.00735. The number of benzene rings is 2. The molecule has 27 heavy (non-hydrogen) atoms. The molecule has 1 aliphatic heterocycles. The lowest BCUT2D eigenvalue weighted by atomic mass is 10.1. The van der Waals surface area contributed by atoms with Crippen molar-refractivity contribution in [2.45, 2.75) is 19.4 Å². The van der Waals surface area contributed by atoms with Crippen LogP contribution in [0.15, 0.2) is 48.5 Å². The van der Waals surface area contributed by atoms with Crippen molar-refractivity contribution < 1.29 is 4.79 Å². The van der Waals surface area contributed by atoms with E-state index < -0.39 is 0 Å². The van der Waals surface area contributed by atoms with Gasteiger partial charge >= 0.3 is 0 Å². The lowest BCUT2D eigenvalue weighted by Gasteiger charge is -2.20. The Kier molecular flexibility index (Phi) is 4.82. The van der Waals surface area contributed by atoms with Crippen LogP contribution in [0.25, 0.3) is 11.4 Å². The summed E-state index contributed by atoms with van der Waals surface area (Å²) in [5, 5.41) is 14.0. The van der Waals surface area contributed by atoms with Gasteiger partial charge in [0.25, 0.3) is 5.91 Å². The molecule has 0 spiro atoms. The molecule has 1 aromatic heterocycles. The van der Waals surface area contributed by atoms with Gasteiger partial charge in [-0.05, 0) is 54.0 Å². The third-order valence-electron chi connectivity index (χ3n) is 4.88. The first-order valence-electron chi connectivity index (χ1n) is 9.14. The highest BCUT2D eigenvalue weighted by Crippen LogP contribution is 2.21. The molecular formula is C20H22N6O. The average Bonchev–Trinajstić information content (AvgIpc) is 3.42. The van der Waals surface area contributed by atoms with Crippen molar-refractivity contribution in [2.24, 2.45) is 0 Å². The topological polar surface area (TPSA) is 78.0 Å². The Hall–Kier alpha value is -3.22. The van der Waals surface area contributed by atoms with E-state index in [2.05, 4.69) is 25.5 Å². The van der Waals surface area contributed by atoms with Gasteiger partial charge in [-0.25, -0.2) is 0 Å². The van der Waals surface area contributed by atoms with Crippen LogP contribution in [0.1, 0.15) is 28.8 Å². The van der Waals surface area contributed by atoms with Gasteiger partial charge in [-0.15, -0.1) is 10.2 Å². The number of rotatable bonds is 5. The van der Waals surface area contributed by atoms with Crippen LogP contribution in [-0.4, -0.2) is 51.6 Å². The first kappa shape index (κ1) is 17.2. The molecule has 4 rings (SSSR count). The smallest absolute Gasteiger partial charge is 0.253 e. The van der Waals surface area contributed by atoms with Crippen molar-refractivity contribution in [3.63, 3.8) is 0 Å². The number of carbonyl (C=O) groups excluding carboxylic acids is 1. The normalized spacial score (nSPS) is 13.7. The van der Waals surface area contributed by atoms with E-state index in [0.29, 0.717) is 17.9 Å². The van der Waals surface area contributed by atoms with E-state index in [1.165, 1.54) is 18.5 Å². The Morgan fingerprint density at radius 3 is 2.63 bits per heavy atom. The molecule has 1 aliphatic rings. The van der Waals surface area contributed by atoms with Gasteiger partial charge < -0.3 is 9.80 Å². The molecule has 0 atom stereocenters. The molecule has 2 aromatic carbocycles. The molecule has 0 aliphatic carbocycles. The zero-order chi connectivity index (χ0) is 18.6. The highest BCUT2D eigenvalue weighted by atomic mass is 16.2. The van der Waals surface area contributed by atoms with Crippen LogP contribution in [-0.2, 0) is 6.54 Å². The number of aromatic amines is 1. The Morgan fingerprint density at radius 2 is 1.93 bits per heavy atom. The number of anilines is 1. The van der Waals surface area contributed by atoms with Crippen LogP contribution >= 0.6 is 0 Å². The molecular weight excluding hydrogens is 340 g/mol. The molecule has 1 N–H and O–H groups in total. The summed E-state index contributed by atoms with van der Waals surface area (Å²) in [6, 6.07) is 15.8. The summed E-state index contributed by atoms with van der Waals surface area (Å²) in [7, 11) is 1.82. The van der Waals surface area contributed by atoms with E-state index in [1.807, 2.05) is 55.6 Å². The predicted octanol–water partition coefficient (Wildman–Crippen LogP) is 2.74. The summed E-state index contributed by atoms with van der Waals surface area (Å²) in [6.07, 6.45) is 2.48. The van der Waals surface area contributed by atoms with Gasteiger partial charge in [-0.3, -0.25) is 4.79 Å². The largest absolute Gasteiger partial charge is 0.372 e. The maximum atomic E-state index is 12.8. The number of hydrogen-bond acceptors (Lipinski definition) is 5. The quantitative estimate of drug-likeness (QED) is 0.755. The van der Waals surface area contributed by atoms with E-state index in [9.17, 15) is 4.79 Å². The van der Waals surface area contributed by atoms with Crippen LogP contribution < -0.4 is 4.90 Å². The van der Waals surface area contributed by atoms with Gasteiger partial charge in [-0.1, -0.05) is 18.2 Å². The van der Waals surface area contributed by atoms with E-state index in [1.54, 1.807) is 4.90 Å². The van der Waals surface area contributed by atoms with E-state index >= 15 is 0 Å². The first-order valence-corrected chi connectivity index (χ1v) is 9.14. The van der Waals surface area contributed by atoms with Crippen LogP contribution in [0.2, 0.25) is 0 Å². The number of hydrogen-bond donors (Lipinski definition) is 1. The van der Waals surface area contributed by atoms with Gasteiger partial charge in [0.2, 0.25) is 5.82 Å². The minimum absolute atomic E-state index is 0.00735. The summed E-state index contributed by atoms with van der Waals surface area (Å²) >= 11 is 0.